The molecule has 0 aliphatic carbocycles. The zero-order valence-electron chi connectivity index (χ0n) is 7.60. The van der Waals surface area contributed by atoms with E-state index in [2.05, 4.69) is 27.7 Å². The molecule has 14 heavy (non-hydrogen) atoms. The molecule has 0 fully saturated rings. The Labute approximate surface area is 87.0 Å². The van der Waals surface area contributed by atoms with Gasteiger partial charge in [0.05, 0.1) is 13.3 Å². The number of methoxy groups -OCH3 is 1. The minimum absolute atomic E-state index is 0.108. The molecule has 0 aliphatic heterocycles. The zero-order valence-corrected chi connectivity index (χ0v) is 8.41. The average Bonchev–Trinajstić information content (AvgIpc) is 2.18. The number of ether oxygens (including phenoxy) is 1. The molecule has 1 aromatic rings. The van der Waals surface area contributed by atoms with Crippen LogP contribution in [0.25, 0.3) is 0 Å². The Morgan fingerprint density at radius 1 is 1.79 bits per heavy atom. The highest BCUT2D eigenvalue weighted by Gasteiger charge is 1.98. The maximum atomic E-state index is 5.18. The van der Waals surface area contributed by atoms with Crippen LogP contribution in [0.2, 0.25) is 0 Å². The van der Waals surface area contributed by atoms with Gasteiger partial charge in [0.2, 0.25) is 0 Å². The maximum absolute atomic E-state index is 5.18. The summed E-state index contributed by atoms with van der Waals surface area (Å²) in [5.41, 5.74) is 8.22. The Morgan fingerprint density at radius 3 is 3.21 bits per heavy atom. The van der Waals surface area contributed by atoms with Crippen LogP contribution in [0, 0.1) is 0 Å². The van der Waals surface area contributed by atoms with Crippen LogP contribution in [0.5, 0.6) is 5.75 Å². The topological polar surface area (TPSA) is 72.5 Å². The molecule has 0 saturated heterocycles. The summed E-state index contributed by atoms with van der Waals surface area (Å²) in [6, 6.07) is 3.56. The molecule has 0 radical (unpaired) electrons. The Morgan fingerprint density at radius 2 is 2.57 bits per heavy atom. The molecule has 6 heteroatoms. The number of hydrogen-bond acceptors (Lipinski definition) is 4. The van der Waals surface area contributed by atoms with Gasteiger partial charge in [0.1, 0.15) is 11.4 Å². The standard InChI is InChI=1S/C8H10N4OS/c1-13-7-3-2-4-10-6(7)5-11-12-8(9)14/h2-5H,1H3,(H3,9,12,14)/b11-5+. The van der Waals surface area contributed by atoms with E-state index >= 15 is 0 Å². The maximum Gasteiger partial charge on any atom is 0.184 e. The smallest absolute Gasteiger partial charge is 0.184 e. The van der Waals surface area contributed by atoms with Gasteiger partial charge in [-0.05, 0) is 24.4 Å². The van der Waals surface area contributed by atoms with Crippen LogP contribution in [0.15, 0.2) is 23.4 Å². The van der Waals surface area contributed by atoms with Crippen molar-refractivity contribution in [2.75, 3.05) is 7.11 Å². The molecule has 5 nitrogen and oxygen atoms in total. The summed E-state index contributed by atoms with van der Waals surface area (Å²) in [7, 11) is 1.56. The lowest BCUT2D eigenvalue weighted by molar-refractivity contribution is 0.412. The van der Waals surface area contributed by atoms with Crippen molar-refractivity contribution in [3.63, 3.8) is 0 Å². The third-order valence-electron chi connectivity index (χ3n) is 1.38. The lowest BCUT2D eigenvalue weighted by atomic mass is 10.3. The number of nitrogens with zero attached hydrogens (tertiary/aromatic N) is 2. The molecule has 0 aliphatic rings. The van der Waals surface area contributed by atoms with Crippen molar-refractivity contribution in [2.45, 2.75) is 0 Å². The van der Waals surface area contributed by atoms with Crippen LogP contribution in [0.4, 0.5) is 0 Å². The number of thiocarbonyl (C=S) groups is 1. The molecule has 0 unspecified atom stereocenters. The second kappa shape index (κ2) is 5.13. The van der Waals surface area contributed by atoms with E-state index in [4.69, 9.17) is 10.5 Å². The molecule has 74 valence electrons. The molecule has 0 saturated carbocycles. The Bertz CT molecular complexity index is 353. The van der Waals surface area contributed by atoms with E-state index in [1.165, 1.54) is 6.21 Å². The SMILES string of the molecule is COc1cccnc1/C=N/NC(N)=S. The first-order valence-corrected chi connectivity index (χ1v) is 4.22. The third kappa shape index (κ3) is 2.98. The molecule has 0 bridgehead atoms. The average molecular weight is 210 g/mol. The van der Waals surface area contributed by atoms with E-state index in [0.29, 0.717) is 11.4 Å². The van der Waals surface area contributed by atoms with Crippen LogP contribution in [-0.4, -0.2) is 23.4 Å². The molecule has 0 spiro atoms. The fourth-order valence-corrected chi connectivity index (χ4v) is 0.882. The van der Waals surface area contributed by atoms with Crippen molar-refractivity contribution < 1.29 is 4.74 Å². The van der Waals surface area contributed by atoms with E-state index in [1.807, 2.05) is 0 Å². The van der Waals surface area contributed by atoms with Gasteiger partial charge in [-0.15, -0.1) is 0 Å². The highest BCUT2D eigenvalue weighted by atomic mass is 32.1. The molecule has 1 heterocycles. The summed E-state index contributed by atoms with van der Waals surface area (Å²) in [5, 5.41) is 3.87. The second-order valence-corrected chi connectivity index (χ2v) is 2.76. The zero-order chi connectivity index (χ0) is 10.4. The summed E-state index contributed by atoms with van der Waals surface area (Å²) in [5.74, 6) is 0.640. The molecule has 1 aromatic heterocycles. The van der Waals surface area contributed by atoms with Crippen molar-refractivity contribution in [1.82, 2.24) is 10.4 Å². The summed E-state index contributed by atoms with van der Waals surface area (Å²) in [6.45, 7) is 0. The number of rotatable bonds is 3. The van der Waals surface area contributed by atoms with Gasteiger partial charge in [0, 0.05) is 6.20 Å². The highest BCUT2D eigenvalue weighted by Crippen LogP contribution is 2.11. The number of nitrogens with two attached hydrogens (primary N) is 1. The quantitative estimate of drug-likeness (QED) is 0.425. The van der Waals surface area contributed by atoms with Crippen molar-refractivity contribution in [3.8, 4) is 5.75 Å². The van der Waals surface area contributed by atoms with Gasteiger partial charge in [0.15, 0.2) is 5.11 Å². The number of nitrogens with one attached hydrogen (secondary N) is 1. The normalized spacial score (nSPS) is 10.1. The van der Waals surface area contributed by atoms with Gasteiger partial charge in [0.25, 0.3) is 0 Å². The molecule has 1 rings (SSSR count). The molecule has 0 amide bonds. The fraction of sp³-hybridized carbons (Fsp3) is 0.125. The van der Waals surface area contributed by atoms with Gasteiger partial charge in [-0.25, -0.2) is 0 Å². The van der Waals surface area contributed by atoms with E-state index < -0.39 is 0 Å². The highest BCUT2D eigenvalue weighted by molar-refractivity contribution is 7.80. The van der Waals surface area contributed by atoms with Crippen LogP contribution >= 0.6 is 12.2 Å². The first-order chi connectivity index (χ1) is 6.74. The first-order valence-electron chi connectivity index (χ1n) is 3.81. The van der Waals surface area contributed by atoms with E-state index in [9.17, 15) is 0 Å². The lowest BCUT2D eigenvalue weighted by Gasteiger charge is -2.01. The van der Waals surface area contributed by atoms with Gasteiger partial charge in [-0.1, -0.05) is 0 Å². The molecule has 3 N–H and O–H groups in total. The fourth-order valence-electron chi connectivity index (χ4n) is 0.829. The second-order valence-electron chi connectivity index (χ2n) is 2.33. The number of aromatic nitrogens is 1. The Balaban J connectivity index is 2.75. The first kappa shape index (κ1) is 10.4. The van der Waals surface area contributed by atoms with E-state index in [1.54, 1.807) is 25.4 Å². The summed E-state index contributed by atoms with van der Waals surface area (Å²) < 4.78 is 5.06. The minimum atomic E-state index is 0.108. The van der Waals surface area contributed by atoms with Crippen molar-refractivity contribution in [1.29, 1.82) is 0 Å². The van der Waals surface area contributed by atoms with Crippen molar-refractivity contribution in [2.24, 2.45) is 10.8 Å². The summed E-state index contributed by atoms with van der Waals surface area (Å²) in [4.78, 5) is 4.05. The van der Waals surface area contributed by atoms with E-state index in [-0.39, 0.29) is 5.11 Å². The molecule has 0 aromatic carbocycles. The minimum Gasteiger partial charge on any atom is -0.494 e. The monoisotopic (exact) mass is 210 g/mol. The number of hydrazone groups is 1. The predicted octanol–water partition coefficient (Wildman–Crippen LogP) is 0.257. The Hall–Kier alpha value is -1.69. The Kier molecular flexibility index (Phi) is 3.81. The van der Waals surface area contributed by atoms with E-state index in [0.717, 1.165) is 0 Å². The largest absolute Gasteiger partial charge is 0.494 e. The predicted molar refractivity (Wildman–Crippen MR) is 58.3 cm³/mol. The van der Waals surface area contributed by atoms with Crippen molar-refractivity contribution in [3.05, 3.63) is 24.0 Å². The summed E-state index contributed by atoms with van der Waals surface area (Å²) >= 11 is 4.57. The van der Waals surface area contributed by atoms with Gasteiger partial charge in [-0.2, -0.15) is 5.10 Å². The molecular weight excluding hydrogens is 200 g/mol. The lowest BCUT2D eigenvalue weighted by Crippen LogP contribution is -2.24. The molecule has 0 atom stereocenters. The van der Waals surface area contributed by atoms with Gasteiger partial charge in [-0.3, -0.25) is 10.4 Å². The third-order valence-corrected chi connectivity index (χ3v) is 1.47. The number of pyridine rings is 1. The summed E-state index contributed by atoms with van der Waals surface area (Å²) in [6.07, 6.45) is 3.13. The van der Waals surface area contributed by atoms with Crippen LogP contribution < -0.4 is 15.9 Å². The number of hydrogen-bond donors (Lipinski definition) is 2. The molecular formula is C8H10N4OS. The van der Waals surface area contributed by atoms with Crippen molar-refractivity contribution >= 4 is 23.5 Å². The van der Waals surface area contributed by atoms with Crippen LogP contribution in [0.1, 0.15) is 5.69 Å². The van der Waals surface area contributed by atoms with Gasteiger partial charge >= 0.3 is 0 Å². The van der Waals surface area contributed by atoms with Crippen LogP contribution in [0.3, 0.4) is 0 Å². The van der Waals surface area contributed by atoms with Gasteiger partial charge < -0.3 is 10.5 Å². The van der Waals surface area contributed by atoms with Crippen LogP contribution in [-0.2, 0) is 0 Å².